The number of hydrazine groups is 1. The molecule has 0 spiro atoms. The Labute approximate surface area is 276 Å². The van der Waals surface area contributed by atoms with E-state index >= 15 is 0 Å². The number of hydrogen-bond acceptors (Lipinski definition) is 14. The SMILES string of the molecule is CCN(CC)S(=O)(=O)c1ccc(/N=N/c2cc(OC)c(NNc3c(S(=O)(=O)O)cc4cc(S(=O)(=O)O)cc(N)c4c3O)cc2OC)cc1. The minimum atomic E-state index is -5.03. The van der Waals surface area contributed by atoms with Gasteiger partial charge in [0.25, 0.3) is 20.2 Å². The number of nitrogens with one attached hydrogen (secondary N) is 2. The van der Waals surface area contributed by atoms with Crippen LogP contribution in [0, 0.1) is 0 Å². The molecule has 4 aromatic carbocycles. The second-order valence-electron chi connectivity index (χ2n) is 9.92. The summed E-state index contributed by atoms with van der Waals surface area (Å²) < 4.78 is 105. The first-order valence-electron chi connectivity index (χ1n) is 13.8. The fourth-order valence-corrected chi connectivity index (χ4v) is 7.36. The lowest BCUT2D eigenvalue weighted by atomic mass is 10.1. The Morgan fingerprint density at radius 1 is 0.792 bits per heavy atom. The number of nitrogen functional groups attached to an aromatic ring is 1. The third kappa shape index (κ3) is 7.37. The van der Waals surface area contributed by atoms with Gasteiger partial charge in [-0.15, -0.1) is 5.11 Å². The largest absolute Gasteiger partial charge is 0.505 e. The van der Waals surface area contributed by atoms with Crippen LogP contribution >= 0.6 is 0 Å². The number of phenols is 1. The van der Waals surface area contributed by atoms with Crippen LogP contribution in [0.4, 0.5) is 28.4 Å². The number of benzene rings is 4. The van der Waals surface area contributed by atoms with Gasteiger partial charge in [0.2, 0.25) is 10.0 Å². The van der Waals surface area contributed by atoms with Crippen molar-refractivity contribution in [2.75, 3.05) is 43.9 Å². The number of hydrogen-bond donors (Lipinski definition) is 6. The van der Waals surface area contributed by atoms with Crippen molar-refractivity contribution in [2.24, 2.45) is 10.2 Å². The predicted octanol–water partition coefficient (Wildman–Crippen LogP) is 4.52. The highest BCUT2D eigenvalue weighted by molar-refractivity contribution is 7.89. The first kappa shape index (κ1) is 36.1. The molecule has 4 aromatic rings. The first-order chi connectivity index (χ1) is 22.5. The van der Waals surface area contributed by atoms with Gasteiger partial charge in [-0.2, -0.15) is 26.3 Å². The molecule has 48 heavy (non-hydrogen) atoms. The van der Waals surface area contributed by atoms with Gasteiger partial charge >= 0.3 is 0 Å². The Bertz CT molecular complexity index is 2220. The number of azo groups is 1. The molecule has 0 saturated carbocycles. The number of rotatable bonds is 13. The van der Waals surface area contributed by atoms with E-state index in [1.165, 1.54) is 54.9 Å². The summed E-state index contributed by atoms with van der Waals surface area (Å²) >= 11 is 0. The Morgan fingerprint density at radius 2 is 1.42 bits per heavy atom. The average Bonchev–Trinajstić information content (AvgIpc) is 3.02. The quantitative estimate of drug-likeness (QED) is 0.0364. The fraction of sp³-hybridized carbons (Fsp3) is 0.214. The van der Waals surface area contributed by atoms with Crippen molar-refractivity contribution in [3.8, 4) is 17.2 Å². The van der Waals surface area contributed by atoms with Crippen molar-refractivity contribution in [2.45, 2.75) is 28.5 Å². The maximum Gasteiger partial charge on any atom is 0.296 e. The summed E-state index contributed by atoms with van der Waals surface area (Å²) in [5, 5.41) is 19.0. The summed E-state index contributed by atoms with van der Waals surface area (Å²) in [7, 11) is -10.8. The number of aromatic hydroxyl groups is 1. The van der Waals surface area contributed by atoms with E-state index in [0.717, 1.165) is 18.2 Å². The summed E-state index contributed by atoms with van der Waals surface area (Å²) in [6.07, 6.45) is 0. The highest BCUT2D eigenvalue weighted by Gasteiger charge is 2.25. The van der Waals surface area contributed by atoms with E-state index in [0.29, 0.717) is 18.8 Å². The van der Waals surface area contributed by atoms with Gasteiger partial charge in [-0.3, -0.25) is 20.0 Å². The summed E-state index contributed by atoms with van der Waals surface area (Å²) in [6.45, 7) is 4.13. The molecule has 0 aliphatic carbocycles. The van der Waals surface area contributed by atoms with Crippen LogP contribution in [-0.4, -0.2) is 71.1 Å². The molecule has 0 heterocycles. The number of anilines is 3. The van der Waals surface area contributed by atoms with E-state index in [1.807, 2.05) is 0 Å². The lowest BCUT2D eigenvalue weighted by Gasteiger charge is -2.19. The molecule has 17 nitrogen and oxygen atoms in total. The van der Waals surface area contributed by atoms with Gasteiger partial charge in [-0.25, -0.2) is 8.42 Å². The summed E-state index contributed by atoms with van der Waals surface area (Å²) in [4.78, 5) is -1.42. The highest BCUT2D eigenvalue weighted by Crippen LogP contribution is 2.43. The minimum absolute atomic E-state index is 0.104. The smallest absolute Gasteiger partial charge is 0.296 e. The number of phenolic OH excluding ortho intramolecular Hbond substituents is 1. The minimum Gasteiger partial charge on any atom is -0.505 e. The summed E-state index contributed by atoms with van der Waals surface area (Å²) in [6, 6.07) is 11.2. The van der Waals surface area contributed by atoms with Crippen molar-refractivity contribution in [3.63, 3.8) is 0 Å². The Hall–Kier alpha value is -4.73. The first-order valence-corrected chi connectivity index (χ1v) is 18.1. The predicted molar refractivity (Wildman–Crippen MR) is 177 cm³/mol. The van der Waals surface area contributed by atoms with Crippen LogP contribution in [0.25, 0.3) is 10.8 Å². The van der Waals surface area contributed by atoms with Crippen LogP contribution in [0.5, 0.6) is 17.2 Å². The summed E-state index contributed by atoms with van der Waals surface area (Å²) in [5.74, 6) is -0.493. The lowest BCUT2D eigenvalue weighted by molar-refractivity contribution is 0.405. The zero-order chi connectivity index (χ0) is 35.6. The number of nitrogens with zero attached hydrogens (tertiary/aromatic N) is 3. The van der Waals surface area contributed by atoms with Gasteiger partial charge in [0, 0.05) is 36.3 Å². The third-order valence-corrected chi connectivity index (χ3v) is 10.8. The van der Waals surface area contributed by atoms with Gasteiger partial charge in [0.1, 0.15) is 27.8 Å². The molecule has 20 heteroatoms. The van der Waals surface area contributed by atoms with E-state index < -0.39 is 51.5 Å². The molecular formula is C28H32N6O11S3. The summed E-state index contributed by atoms with van der Waals surface area (Å²) in [5.41, 5.74) is 10.9. The number of sulfonamides is 1. The van der Waals surface area contributed by atoms with E-state index in [1.54, 1.807) is 13.8 Å². The van der Waals surface area contributed by atoms with Crippen LogP contribution in [0.2, 0.25) is 0 Å². The molecule has 0 saturated heterocycles. The molecule has 0 radical (unpaired) electrons. The molecule has 0 aromatic heterocycles. The second-order valence-corrected chi connectivity index (χ2v) is 14.7. The van der Waals surface area contributed by atoms with E-state index in [2.05, 4.69) is 21.1 Å². The molecule has 4 rings (SSSR count). The molecule has 0 atom stereocenters. The molecule has 0 bridgehead atoms. The van der Waals surface area contributed by atoms with Gasteiger partial charge in [-0.05, 0) is 47.9 Å². The number of ether oxygens (including phenoxy) is 2. The third-order valence-electron chi connectivity index (χ3n) is 7.03. The molecule has 0 fully saturated rings. The van der Waals surface area contributed by atoms with Crippen molar-refractivity contribution in [3.05, 3.63) is 54.6 Å². The van der Waals surface area contributed by atoms with Crippen molar-refractivity contribution in [1.82, 2.24) is 4.31 Å². The second kappa shape index (κ2) is 13.8. The van der Waals surface area contributed by atoms with Crippen molar-refractivity contribution in [1.29, 1.82) is 0 Å². The van der Waals surface area contributed by atoms with Gasteiger partial charge < -0.3 is 20.3 Å². The van der Waals surface area contributed by atoms with Gasteiger partial charge in [-0.1, -0.05) is 13.8 Å². The number of methoxy groups -OCH3 is 2. The average molecular weight is 725 g/mol. The Kier molecular flexibility index (Phi) is 10.4. The van der Waals surface area contributed by atoms with Crippen LogP contribution in [0.1, 0.15) is 13.8 Å². The Balaban J connectivity index is 1.69. The Morgan fingerprint density at radius 3 is 1.96 bits per heavy atom. The normalized spacial score (nSPS) is 12.5. The maximum absolute atomic E-state index is 12.8. The standard InChI is InChI=1S/C28H32N6O11S3/c1-5-34(6-2)46(36,37)18-9-7-17(8-10-18)30-31-21-14-24(45-4)22(15-23(21)44-3)32-33-27-25(48(41,42)43)12-16-11-19(47(38,39)40)13-20(29)26(16)28(27)35/h7-15,32-33,35H,5-6,29H2,1-4H3,(H,38,39,40)(H,41,42,43)/b31-30+. The zero-order valence-corrected chi connectivity index (χ0v) is 28.3. The van der Waals surface area contributed by atoms with E-state index in [4.69, 9.17) is 15.2 Å². The molecule has 7 N–H and O–H groups in total. The van der Waals surface area contributed by atoms with Crippen LogP contribution in [-0.2, 0) is 30.3 Å². The van der Waals surface area contributed by atoms with Crippen molar-refractivity contribution < 1.29 is 48.9 Å². The van der Waals surface area contributed by atoms with Crippen molar-refractivity contribution >= 4 is 69.5 Å². The monoisotopic (exact) mass is 724 g/mol. The van der Waals surface area contributed by atoms with E-state index in [9.17, 15) is 39.5 Å². The molecule has 258 valence electrons. The lowest BCUT2D eigenvalue weighted by Crippen LogP contribution is -2.30. The molecule has 0 unspecified atom stereocenters. The van der Waals surface area contributed by atoms with E-state index in [-0.39, 0.29) is 44.2 Å². The number of fused-ring (bicyclic) bond motifs is 1. The molecule has 0 amide bonds. The maximum atomic E-state index is 12.8. The van der Waals surface area contributed by atoms with Crippen LogP contribution < -0.4 is 26.1 Å². The highest BCUT2D eigenvalue weighted by atomic mass is 32.2. The molecule has 0 aliphatic rings. The topological polar surface area (TPSA) is 260 Å². The fourth-order valence-electron chi connectivity index (χ4n) is 4.67. The molecule has 0 aliphatic heterocycles. The van der Waals surface area contributed by atoms with Crippen LogP contribution in [0.15, 0.2) is 79.5 Å². The van der Waals surface area contributed by atoms with Gasteiger partial charge in [0.05, 0.1) is 35.4 Å². The molecular weight excluding hydrogens is 693 g/mol. The van der Waals surface area contributed by atoms with Gasteiger partial charge in [0.15, 0.2) is 5.75 Å². The van der Waals surface area contributed by atoms with Crippen LogP contribution in [0.3, 0.4) is 0 Å². The number of nitrogens with two attached hydrogens (primary N) is 1. The zero-order valence-electron chi connectivity index (χ0n) is 25.9.